The molecule has 2 aromatic heterocycles. The van der Waals surface area contributed by atoms with Crippen LogP contribution in [0.3, 0.4) is 0 Å². The second-order valence-corrected chi connectivity index (χ2v) is 3.31. The smallest absolute Gasteiger partial charge is 0.0847 e. The molecule has 0 saturated carbocycles. The van der Waals surface area contributed by atoms with Crippen LogP contribution in [0.4, 0.5) is 5.69 Å². The number of aromatic nitrogens is 3. The summed E-state index contributed by atoms with van der Waals surface area (Å²) in [5.74, 6) is 0. The molecule has 0 spiro atoms. The molecule has 2 heterocycles. The summed E-state index contributed by atoms with van der Waals surface area (Å²) in [6.07, 6.45) is 5.04. The van der Waals surface area contributed by atoms with Crippen molar-refractivity contribution < 1.29 is 0 Å². The van der Waals surface area contributed by atoms with Gasteiger partial charge in [-0.1, -0.05) is 11.6 Å². The van der Waals surface area contributed by atoms with Gasteiger partial charge in [-0.05, 0) is 12.1 Å². The van der Waals surface area contributed by atoms with Crippen LogP contribution in [0.25, 0.3) is 0 Å². The molecular formula is C9H9ClN4. The van der Waals surface area contributed by atoms with E-state index in [-0.39, 0.29) is 0 Å². The minimum Gasteiger partial charge on any atom is -0.396 e. The van der Waals surface area contributed by atoms with Crippen LogP contribution in [0.1, 0.15) is 5.69 Å². The number of halogens is 1. The molecular weight excluding hydrogens is 200 g/mol. The monoisotopic (exact) mass is 208 g/mol. The van der Waals surface area contributed by atoms with Crippen molar-refractivity contribution in [2.75, 3.05) is 5.73 Å². The van der Waals surface area contributed by atoms with Crippen LogP contribution in [-0.4, -0.2) is 14.8 Å². The molecule has 14 heavy (non-hydrogen) atoms. The van der Waals surface area contributed by atoms with Crippen molar-refractivity contribution in [3.05, 3.63) is 41.4 Å². The zero-order valence-corrected chi connectivity index (χ0v) is 8.15. The van der Waals surface area contributed by atoms with Crippen LogP contribution in [0.5, 0.6) is 0 Å². The van der Waals surface area contributed by atoms with Crippen LogP contribution in [0, 0.1) is 0 Å². The predicted molar refractivity (Wildman–Crippen MR) is 55.0 cm³/mol. The average molecular weight is 209 g/mol. The van der Waals surface area contributed by atoms with Crippen LogP contribution in [0.15, 0.2) is 30.7 Å². The Morgan fingerprint density at radius 2 is 2.36 bits per heavy atom. The molecule has 0 unspecified atom stereocenters. The quantitative estimate of drug-likeness (QED) is 0.815. The van der Waals surface area contributed by atoms with Gasteiger partial charge in [-0.25, -0.2) is 0 Å². The maximum Gasteiger partial charge on any atom is 0.0847 e. The summed E-state index contributed by atoms with van der Waals surface area (Å²) < 4.78 is 1.70. The summed E-state index contributed by atoms with van der Waals surface area (Å²) in [6, 6.07) is 3.60. The van der Waals surface area contributed by atoms with Gasteiger partial charge in [0.25, 0.3) is 0 Å². The van der Waals surface area contributed by atoms with E-state index in [0.29, 0.717) is 17.3 Å². The van der Waals surface area contributed by atoms with Gasteiger partial charge in [0.1, 0.15) is 0 Å². The Morgan fingerprint density at radius 1 is 1.50 bits per heavy atom. The van der Waals surface area contributed by atoms with E-state index in [4.69, 9.17) is 17.3 Å². The number of nitrogens with two attached hydrogens (primary N) is 1. The number of anilines is 1. The first-order valence-electron chi connectivity index (χ1n) is 4.13. The molecule has 0 saturated heterocycles. The lowest BCUT2D eigenvalue weighted by molar-refractivity contribution is 0.673. The number of pyridine rings is 1. The van der Waals surface area contributed by atoms with Gasteiger partial charge in [-0.3, -0.25) is 9.67 Å². The fraction of sp³-hybridized carbons (Fsp3) is 0.111. The molecule has 72 valence electrons. The Labute approximate surface area is 86.3 Å². The lowest BCUT2D eigenvalue weighted by Crippen LogP contribution is -2.02. The van der Waals surface area contributed by atoms with Crippen molar-refractivity contribution in [2.24, 2.45) is 0 Å². The normalized spacial score (nSPS) is 10.4. The van der Waals surface area contributed by atoms with Gasteiger partial charge in [-0.15, -0.1) is 0 Å². The first kappa shape index (κ1) is 9.02. The van der Waals surface area contributed by atoms with Crippen LogP contribution in [0.2, 0.25) is 5.02 Å². The Morgan fingerprint density at radius 3 is 3.00 bits per heavy atom. The third kappa shape index (κ3) is 1.85. The molecule has 0 aromatic carbocycles. The Balaban J connectivity index is 2.23. The summed E-state index contributed by atoms with van der Waals surface area (Å²) in [5, 5.41) is 4.69. The third-order valence-electron chi connectivity index (χ3n) is 1.80. The molecule has 0 aliphatic heterocycles. The van der Waals surface area contributed by atoms with Crippen molar-refractivity contribution in [3.63, 3.8) is 0 Å². The standard InChI is InChI=1S/C9H9ClN4/c10-8-2-1-3-12-9(8)6-14-5-7(11)4-13-14/h1-5H,6,11H2. The Hall–Kier alpha value is -1.55. The summed E-state index contributed by atoms with van der Waals surface area (Å²) in [4.78, 5) is 4.15. The van der Waals surface area contributed by atoms with E-state index in [1.54, 1.807) is 35.4 Å². The van der Waals surface area contributed by atoms with Crippen molar-refractivity contribution >= 4 is 17.3 Å². The van der Waals surface area contributed by atoms with Crippen molar-refractivity contribution in [1.29, 1.82) is 0 Å². The van der Waals surface area contributed by atoms with Gasteiger partial charge < -0.3 is 5.73 Å². The first-order valence-corrected chi connectivity index (χ1v) is 4.51. The molecule has 4 nitrogen and oxygen atoms in total. The van der Waals surface area contributed by atoms with Crippen molar-refractivity contribution in [2.45, 2.75) is 6.54 Å². The van der Waals surface area contributed by atoms with Gasteiger partial charge in [-0.2, -0.15) is 5.10 Å². The number of hydrogen-bond donors (Lipinski definition) is 1. The molecule has 0 radical (unpaired) electrons. The number of hydrogen-bond acceptors (Lipinski definition) is 3. The zero-order chi connectivity index (χ0) is 9.97. The highest BCUT2D eigenvalue weighted by Gasteiger charge is 2.02. The van der Waals surface area contributed by atoms with Crippen LogP contribution in [-0.2, 0) is 6.54 Å². The molecule has 0 fully saturated rings. The zero-order valence-electron chi connectivity index (χ0n) is 7.39. The fourth-order valence-corrected chi connectivity index (χ4v) is 1.34. The SMILES string of the molecule is Nc1cnn(Cc2ncccc2Cl)c1. The summed E-state index contributed by atoms with van der Waals surface area (Å²) >= 11 is 5.95. The Bertz CT molecular complexity index is 438. The van der Waals surface area contributed by atoms with Crippen molar-refractivity contribution in [1.82, 2.24) is 14.8 Å². The second kappa shape index (κ2) is 3.67. The topological polar surface area (TPSA) is 56.7 Å². The highest BCUT2D eigenvalue weighted by Crippen LogP contribution is 2.13. The molecule has 0 atom stereocenters. The van der Waals surface area contributed by atoms with Crippen LogP contribution >= 0.6 is 11.6 Å². The molecule has 2 aromatic rings. The van der Waals surface area contributed by atoms with E-state index < -0.39 is 0 Å². The van der Waals surface area contributed by atoms with Gasteiger partial charge in [0, 0.05) is 12.4 Å². The van der Waals surface area contributed by atoms with Gasteiger partial charge in [0.15, 0.2) is 0 Å². The summed E-state index contributed by atoms with van der Waals surface area (Å²) in [6.45, 7) is 0.539. The average Bonchev–Trinajstić information content (AvgIpc) is 2.56. The van der Waals surface area contributed by atoms with E-state index in [2.05, 4.69) is 10.1 Å². The lowest BCUT2D eigenvalue weighted by Gasteiger charge is -2.02. The predicted octanol–water partition coefficient (Wildman–Crippen LogP) is 1.56. The number of nitrogens with zero attached hydrogens (tertiary/aromatic N) is 3. The van der Waals surface area contributed by atoms with Crippen LogP contribution < -0.4 is 5.73 Å². The van der Waals surface area contributed by atoms with E-state index >= 15 is 0 Å². The third-order valence-corrected chi connectivity index (χ3v) is 2.14. The highest BCUT2D eigenvalue weighted by molar-refractivity contribution is 6.31. The fourth-order valence-electron chi connectivity index (χ4n) is 1.15. The molecule has 2 N–H and O–H groups in total. The van der Waals surface area contributed by atoms with Gasteiger partial charge in [0.2, 0.25) is 0 Å². The van der Waals surface area contributed by atoms with E-state index in [1.807, 2.05) is 0 Å². The number of nitrogen functional groups attached to an aromatic ring is 1. The molecule has 0 aliphatic rings. The molecule has 2 rings (SSSR count). The highest BCUT2D eigenvalue weighted by atomic mass is 35.5. The molecule has 0 bridgehead atoms. The summed E-state index contributed by atoms with van der Waals surface area (Å²) in [7, 11) is 0. The lowest BCUT2D eigenvalue weighted by atomic mass is 10.3. The van der Waals surface area contributed by atoms with E-state index in [9.17, 15) is 0 Å². The largest absolute Gasteiger partial charge is 0.396 e. The maximum atomic E-state index is 5.95. The number of rotatable bonds is 2. The van der Waals surface area contributed by atoms with E-state index in [1.165, 1.54) is 0 Å². The Kier molecular flexibility index (Phi) is 2.37. The van der Waals surface area contributed by atoms with Crippen molar-refractivity contribution in [3.8, 4) is 0 Å². The van der Waals surface area contributed by atoms with Gasteiger partial charge in [0.05, 0.1) is 29.1 Å². The minimum absolute atomic E-state index is 0.539. The minimum atomic E-state index is 0.539. The van der Waals surface area contributed by atoms with E-state index in [0.717, 1.165) is 5.69 Å². The molecule has 0 aliphatic carbocycles. The maximum absolute atomic E-state index is 5.95. The summed E-state index contributed by atoms with van der Waals surface area (Å²) in [5.41, 5.74) is 6.96. The van der Waals surface area contributed by atoms with Gasteiger partial charge >= 0.3 is 0 Å². The first-order chi connectivity index (χ1) is 6.75. The second-order valence-electron chi connectivity index (χ2n) is 2.90. The molecule has 0 amide bonds. The molecule has 5 heteroatoms.